The summed E-state index contributed by atoms with van der Waals surface area (Å²) in [6.45, 7) is 5.61. The molecule has 0 radical (unpaired) electrons. The van der Waals surface area contributed by atoms with Crippen LogP contribution in [0.3, 0.4) is 0 Å². The Hall–Kier alpha value is -1.55. The molecule has 0 amide bonds. The first-order chi connectivity index (χ1) is 9.70. The fourth-order valence-electron chi connectivity index (χ4n) is 2.50. The number of carbonyl (C=O) groups is 1. The van der Waals surface area contributed by atoms with E-state index in [1.807, 2.05) is 0 Å². The van der Waals surface area contributed by atoms with Crippen molar-refractivity contribution in [3.05, 3.63) is 23.8 Å². The Morgan fingerprint density at radius 1 is 1.30 bits per heavy atom. The number of piperidine rings is 1. The molecular formula is C16H23NO3. The van der Waals surface area contributed by atoms with Crippen molar-refractivity contribution in [2.24, 2.45) is 0 Å². The summed E-state index contributed by atoms with van der Waals surface area (Å²) in [5.41, 5.74) is 0.371. The molecule has 110 valence electrons. The van der Waals surface area contributed by atoms with Crippen LogP contribution in [0.1, 0.15) is 43.0 Å². The first-order valence-electron chi connectivity index (χ1n) is 7.42. The molecule has 1 fully saturated rings. The normalized spacial score (nSPS) is 16.1. The number of likely N-dealkylation sites (tertiary alicyclic amines) is 1. The maximum atomic E-state index is 11.6. The Morgan fingerprint density at radius 3 is 2.70 bits per heavy atom. The Bertz CT molecular complexity index is 453. The van der Waals surface area contributed by atoms with Crippen LogP contribution in [-0.4, -0.2) is 42.0 Å². The van der Waals surface area contributed by atoms with Crippen LogP contribution in [-0.2, 0) is 0 Å². The van der Waals surface area contributed by atoms with Gasteiger partial charge in [-0.05, 0) is 38.1 Å². The monoisotopic (exact) mass is 277 g/mol. The van der Waals surface area contributed by atoms with Crippen molar-refractivity contribution in [3.63, 3.8) is 0 Å². The number of phenols is 1. The molecule has 2 rings (SSSR count). The highest BCUT2D eigenvalue weighted by Crippen LogP contribution is 2.24. The highest BCUT2D eigenvalue weighted by Gasteiger charge is 2.11. The number of hydrogen-bond acceptors (Lipinski definition) is 4. The molecule has 0 aromatic heterocycles. The lowest BCUT2D eigenvalue weighted by atomic mass is 10.1. The number of nitrogens with zero attached hydrogens (tertiary/aromatic N) is 1. The Balaban J connectivity index is 1.84. The van der Waals surface area contributed by atoms with Crippen LogP contribution in [0.4, 0.5) is 0 Å². The zero-order valence-electron chi connectivity index (χ0n) is 12.1. The number of Topliss-reactive ketones (excluding diaryl/α,β-unsaturated/α-hetero) is 1. The van der Waals surface area contributed by atoms with Crippen LogP contribution in [0.5, 0.6) is 11.5 Å². The van der Waals surface area contributed by atoms with Gasteiger partial charge in [0.1, 0.15) is 18.1 Å². The van der Waals surface area contributed by atoms with Crippen molar-refractivity contribution in [1.82, 2.24) is 4.90 Å². The van der Waals surface area contributed by atoms with Crippen molar-refractivity contribution in [3.8, 4) is 11.5 Å². The second-order valence-corrected chi connectivity index (χ2v) is 5.21. The van der Waals surface area contributed by atoms with Crippen LogP contribution >= 0.6 is 0 Å². The second-order valence-electron chi connectivity index (χ2n) is 5.21. The van der Waals surface area contributed by atoms with Crippen molar-refractivity contribution < 1.29 is 14.6 Å². The molecule has 1 aliphatic rings. The van der Waals surface area contributed by atoms with Gasteiger partial charge < -0.3 is 9.84 Å². The van der Waals surface area contributed by atoms with Crippen LogP contribution < -0.4 is 4.74 Å². The summed E-state index contributed by atoms with van der Waals surface area (Å²) in [5.74, 6) is 0.571. The maximum absolute atomic E-state index is 11.6. The molecule has 1 aromatic rings. The quantitative estimate of drug-likeness (QED) is 0.812. The summed E-state index contributed by atoms with van der Waals surface area (Å²) in [4.78, 5) is 14.0. The lowest BCUT2D eigenvalue weighted by Crippen LogP contribution is -2.33. The van der Waals surface area contributed by atoms with E-state index in [9.17, 15) is 9.90 Å². The van der Waals surface area contributed by atoms with Gasteiger partial charge in [0.25, 0.3) is 0 Å². The Kier molecular flexibility index (Phi) is 5.41. The van der Waals surface area contributed by atoms with Gasteiger partial charge in [0.15, 0.2) is 5.78 Å². The standard InChI is InChI=1S/C16H23NO3/c1-2-15(18)14-7-6-13(12-16(14)19)20-11-10-17-8-4-3-5-9-17/h6-7,12,19H,2-5,8-11H2,1H3. The second kappa shape index (κ2) is 7.29. The first kappa shape index (κ1) is 14.9. The topological polar surface area (TPSA) is 49.8 Å². The van der Waals surface area contributed by atoms with E-state index in [1.54, 1.807) is 19.1 Å². The molecule has 1 aliphatic heterocycles. The lowest BCUT2D eigenvalue weighted by molar-refractivity contribution is 0.0985. The average Bonchev–Trinajstić information content (AvgIpc) is 2.48. The number of aromatic hydroxyl groups is 1. The van der Waals surface area contributed by atoms with E-state index in [1.165, 1.54) is 25.3 Å². The van der Waals surface area contributed by atoms with Gasteiger partial charge in [-0.1, -0.05) is 13.3 Å². The summed E-state index contributed by atoms with van der Waals surface area (Å²) in [7, 11) is 0. The van der Waals surface area contributed by atoms with E-state index in [-0.39, 0.29) is 11.5 Å². The molecule has 1 heterocycles. The molecule has 0 unspecified atom stereocenters. The number of ether oxygens (including phenoxy) is 1. The number of carbonyl (C=O) groups excluding carboxylic acids is 1. The third kappa shape index (κ3) is 3.97. The lowest BCUT2D eigenvalue weighted by Gasteiger charge is -2.26. The molecule has 0 spiro atoms. The summed E-state index contributed by atoms with van der Waals surface area (Å²) < 4.78 is 5.64. The first-order valence-corrected chi connectivity index (χ1v) is 7.42. The summed E-state index contributed by atoms with van der Waals surface area (Å²) in [6, 6.07) is 4.91. The zero-order chi connectivity index (χ0) is 14.4. The minimum atomic E-state index is -0.0534. The fraction of sp³-hybridized carbons (Fsp3) is 0.562. The molecule has 1 N–H and O–H groups in total. The smallest absolute Gasteiger partial charge is 0.166 e. The Morgan fingerprint density at radius 2 is 2.05 bits per heavy atom. The van der Waals surface area contributed by atoms with Gasteiger partial charge in [-0.3, -0.25) is 9.69 Å². The number of hydrogen-bond donors (Lipinski definition) is 1. The van der Waals surface area contributed by atoms with Gasteiger partial charge in [0, 0.05) is 19.0 Å². The van der Waals surface area contributed by atoms with Gasteiger partial charge in [-0.2, -0.15) is 0 Å². The molecule has 0 atom stereocenters. The summed E-state index contributed by atoms with van der Waals surface area (Å²) in [5, 5.41) is 9.83. The average molecular weight is 277 g/mol. The van der Waals surface area contributed by atoms with Gasteiger partial charge in [-0.25, -0.2) is 0 Å². The highest BCUT2D eigenvalue weighted by molar-refractivity contribution is 5.98. The molecule has 0 aliphatic carbocycles. The molecule has 4 heteroatoms. The summed E-state index contributed by atoms with van der Waals surface area (Å²) >= 11 is 0. The van der Waals surface area contributed by atoms with Gasteiger partial charge in [-0.15, -0.1) is 0 Å². The number of benzene rings is 1. The van der Waals surface area contributed by atoms with E-state index < -0.39 is 0 Å². The van der Waals surface area contributed by atoms with E-state index >= 15 is 0 Å². The minimum Gasteiger partial charge on any atom is -0.507 e. The summed E-state index contributed by atoms with van der Waals surface area (Å²) in [6.07, 6.45) is 4.27. The predicted octanol–water partition coefficient (Wildman–Crippen LogP) is 2.85. The van der Waals surface area contributed by atoms with Gasteiger partial charge in [0.05, 0.1) is 5.56 Å². The molecule has 20 heavy (non-hydrogen) atoms. The third-order valence-corrected chi connectivity index (χ3v) is 3.72. The van der Waals surface area contributed by atoms with E-state index in [0.29, 0.717) is 24.3 Å². The zero-order valence-corrected chi connectivity index (χ0v) is 12.1. The van der Waals surface area contributed by atoms with Crippen LogP contribution in [0, 0.1) is 0 Å². The van der Waals surface area contributed by atoms with Crippen LogP contribution in [0.2, 0.25) is 0 Å². The van der Waals surface area contributed by atoms with E-state index in [4.69, 9.17) is 4.74 Å². The number of rotatable bonds is 6. The third-order valence-electron chi connectivity index (χ3n) is 3.72. The fourth-order valence-corrected chi connectivity index (χ4v) is 2.50. The maximum Gasteiger partial charge on any atom is 0.166 e. The van der Waals surface area contributed by atoms with Crippen molar-refractivity contribution >= 4 is 5.78 Å². The van der Waals surface area contributed by atoms with Crippen LogP contribution in [0.25, 0.3) is 0 Å². The predicted molar refractivity (Wildman–Crippen MR) is 78.5 cm³/mol. The van der Waals surface area contributed by atoms with Crippen molar-refractivity contribution in [2.75, 3.05) is 26.2 Å². The van der Waals surface area contributed by atoms with Gasteiger partial charge in [0.2, 0.25) is 0 Å². The SMILES string of the molecule is CCC(=O)c1ccc(OCCN2CCCCC2)cc1O. The van der Waals surface area contributed by atoms with Crippen LogP contribution in [0.15, 0.2) is 18.2 Å². The molecule has 0 bridgehead atoms. The highest BCUT2D eigenvalue weighted by atomic mass is 16.5. The van der Waals surface area contributed by atoms with Crippen molar-refractivity contribution in [1.29, 1.82) is 0 Å². The minimum absolute atomic E-state index is 0.00678. The Labute approximate surface area is 120 Å². The molecule has 1 aromatic carbocycles. The molecular weight excluding hydrogens is 254 g/mol. The molecule has 1 saturated heterocycles. The van der Waals surface area contributed by atoms with E-state index in [2.05, 4.69) is 4.90 Å². The van der Waals surface area contributed by atoms with E-state index in [0.717, 1.165) is 19.6 Å². The molecule has 0 saturated carbocycles. The number of ketones is 1. The molecule has 4 nitrogen and oxygen atoms in total. The van der Waals surface area contributed by atoms with Gasteiger partial charge >= 0.3 is 0 Å². The van der Waals surface area contributed by atoms with Crippen molar-refractivity contribution in [2.45, 2.75) is 32.6 Å². The largest absolute Gasteiger partial charge is 0.507 e. The number of phenolic OH excluding ortho intramolecular Hbond substituents is 1.